The zero-order valence-corrected chi connectivity index (χ0v) is 7.75. The number of aromatic nitrogens is 1. The van der Waals surface area contributed by atoms with Gasteiger partial charge in [0.15, 0.2) is 0 Å². The molecule has 2 aromatic rings. The minimum atomic E-state index is -0.791. The standard InChI is InChI=1S/C8H6N2O3S/c11-7(9-12)8-10(13)5-3-1-2-4-6(5)14-8/h1-4,12H,(H,9,11). The fraction of sp³-hybridized carbons (Fsp3) is 0. The number of thiazole rings is 1. The molecule has 1 aromatic heterocycles. The van der Waals surface area contributed by atoms with Gasteiger partial charge in [-0.1, -0.05) is 23.5 Å². The third-order valence-electron chi connectivity index (χ3n) is 1.77. The van der Waals surface area contributed by atoms with Gasteiger partial charge in [0.25, 0.3) is 0 Å². The van der Waals surface area contributed by atoms with Gasteiger partial charge in [0.2, 0.25) is 5.52 Å². The third kappa shape index (κ3) is 1.21. The van der Waals surface area contributed by atoms with Crippen molar-refractivity contribution in [2.45, 2.75) is 0 Å². The van der Waals surface area contributed by atoms with Crippen LogP contribution in [-0.4, -0.2) is 11.1 Å². The summed E-state index contributed by atoms with van der Waals surface area (Å²) in [5.41, 5.74) is 1.86. The normalized spacial score (nSPS) is 10.4. The SMILES string of the molecule is O=C(NO)c1sc2ccccc2[n+]1[O-]. The van der Waals surface area contributed by atoms with Crippen LogP contribution in [0.15, 0.2) is 24.3 Å². The summed E-state index contributed by atoms with van der Waals surface area (Å²) in [6.45, 7) is 0. The van der Waals surface area contributed by atoms with Crippen LogP contribution in [-0.2, 0) is 0 Å². The number of hydrogen-bond donors (Lipinski definition) is 2. The van der Waals surface area contributed by atoms with E-state index < -0.39 is 5.91 Å². The van der Waals surface area contributed by atoms with E-state index in [0.717, 1.165) is 11.3 Å². The van der Waals surface area contributed by atoms with Crippen molar-refractivity contribution in [2.75, 3.05) is 0 Å². The van der Waals surface area contributed by atoms with Crippen molar-refractivity contribution in [1.82, 2.24) is 5.48 Å². The Morgan fingerprint density at radius 2 is 2.21 bits per heavy atom. The molecule has 0 aliphatic heterocycles. The number of para-hydroxylation sites is 1. The van der Waals surface area contributed by atoms with Gasteiger partial charge in [-0.05, 0) is 6.07 Å². The molecule has 0 atom stereocenters. The van der Waals surface area contributed by atoms with Crippen LogP contribution in [0.5, 0.6) is 0 Å². The summed E-state index contributed by atoms with van der Waals surface area (Å²) in [4.78, 5) is 11.0. The molecule has 1 aromatic carbocycles. The lowest BCUT2D eigenvalue weighted by molar-refractivity contribution is -0.574. The fourth-order valence-electron chi connectivity index (χ4n) is 1.15. The van der Waals surface area contributed by atoms with Crippen molar-refractivity contribution in [3.63, 3.8) is 0 Å². The summed E-state index contributed by atoms with van der Waals surface area (Å²) in [6, 6.07) is 6.85. The quantitative estimate of drug-likeness (QED) is 0.314. The number of fused-ring (bicyclic) bond motifs is 1. The number of amides is 1. The van der Waals surface area contributed by atoms with Gasteiger partial charge >= 0.3 is 10.9 Å². The number of hydroxylamine groups is 1. The van der Waals surface area contributed by atoms with E-state index in [1.165, 1.54) is 5.48 Å². The fourth-order valence-corrected chi connectivity index (χ4v) is 2.08. The van der Waals surface area contributed by atoms with E-state index >= 15 is 0 Å². The molecule has 0 bridgehead atoms. The summed E-state index contributed by atoms with van der Waals surface area (Å²) >= 11 is 1.03. The second kappa shape index (κ2) is 3.24. The lowest BCUT2D eigenvalue weighted by atomic mass is 10.3. The van der Waals surface area contributed by atoms with Gasteiger partial charge in [-0.25, -0.2) is 5.48 Å². The number of nitrogens with zero attached hydrogens (tertiary/aromatic N) is 1. The second-order valence-electron chi connectivity index (χ2n) is 2.61. The number of rotatable bonds is 1. The van der Waals surface area contributed by atoms with Crippen LogP contribution in [0.25, 0.3) is 10.2 Å². The smallest absolute Gasteiger partial charge is 0.352 e. The van der Waals surface area contributed by atoms with Crippen LogP contribution in [0, 0.1) is 5.21 Å². The molecule has 2 N–H and O–H groups in total. The van der Waals surface area contributed by atoms with Crippen molar-refractivity contribution in [1.29, 1.82) is 0 Å². The molecule has 0 saturated heterocycles. The van der Waals surface area contributed by atoms with Gasteiger partial charge in [0, 0.05) is 6.07 Å². The lowest BCUT2D eigenvalue weighted by Gasteiger charge is -1.95. The van der Waals surface area contributed by atoms with E-state index in [4.69, 9.17) is 5.21 Å². The van der Waals surface area contributed by atoms with Gasteiger partial charge in [-0.15, -0.1) is 4.73 Å². The van der Waals surface area contributed by atoms with Crippen molar-refractivity contribution in [2.24, 2.45) is 0 Å². The van der Waals surface area contributed by atoms with Crippen LogP contribution in [0.3, 0.4) is 0 Å². The van der Waals surface area contributed by atoms with Gasteiger partial charge < -0.3 is 5.21 Å². The molecule has 0 aliphatic carbocycles. The van der Waals surface area contributed by atoms with E-state index in [1.54, 1.807) is 24.3 Å². The van der Waals surface area contributed by atoms with Crippen LogP contribution >= 0.6 is 11.3 Å². The summed E-state index contributed by atoms with van der Waals surface area (Å²) in [5.74, 6) is -0.791. The number of nitrogens with one attached hydrogen (secondary N) is 1. The molecule has 72 valence electrons. The molecule has 6 heteroatoms. The predicted octanol–water partition coefficient (Wildman–Crippen LogP) is 0.654. The Bertz CT molecular complexity index is 494. The van der Waals surface area contributed by atoms with Crippen molar-refractivity contribution < 1.29 is 14.7 Å². The van der Waals surface area contributed by atoms with E-state index in [9.17, 15) is 10.0 Å². The van der Waals surface area contributed by atoms with Gasteiger partial charge in [-0.2, -0.15) is 0 Å². The van der Waals surface area contributed by atoms with Crippen LogP contribution in [0.1, 0.15) is 9.80 Å². The summed E-state index contributed by atoms with van der Waals surface area (Å²) in [6.07, 6.45) is 0. The molecule has 0 aliphatic rings. The first-order valence-electron chi connectivity index (χ1n) is 3.79. The highest BCUT2D eigenvalue weighted by atomic mass is 32.1. The minimum Gasteiger partial charge on any atom is -0.617 e. The predicted molar refractivity (Wildman–Crippen MR) is 50.0 cm³/mol. The summed E-state index contributed by atoms with van der Waals surface area (Å²) < 4.78 is 1.21. The minimum absolute atomic E-state index is 0.0753. The first kappa shape index (κ1) is 8.92. The molecule has 0 radical (unpaired) electrons. The Balaban J connectivity index is 2.68. The Hall–Kier alpha value is -1.66. The zero-order valence-electron chi connectivity index (χ0n) is 6.93. The maximum absolute atomic E-state index is 11.5. The summed E-state index contributed by atoms with van der Waals surface area (Å²) in [7, 11) is 0. The Labute approximate surface area is 82.8 Å². The number of benzene rings is 1. The van der Waals surface area contributed by atoms with Crippen LogP contribution in [0.2, 0.25) is 0 Å². The lowest BCUT2D eigenvalue weighted by Crippen LogP contribution is -2.35. The number of carbonyl (C=O) groups excluding carboxylic acids is 1. The molecule has 0 saturated carbocycles. The van der Waals surface area contributed by atoms with Crippen molar-refractivity contribution in [3.8, 4) is 0 Å². The highest BCUT2D eigenvalue weighted by Crippen LogP contribution is 2.19. The monoisotopic (exact) mass is 210 g/mol. The van der Waals surface area contributed by atoms with Gasteiger partial charge in [-0.3, -0.25) is 10.0 Å². The highest BCUT2D eigenvalue weighted by Gasteiger charge is 2.21. The average Bonchev–Trinajstić information content (AvgIpc) is 2.56. The van der Waals surface area contributed by atoms with Gasteiger partial charge in [0.05, 0.1) is 0 Å². The molecule has 14 heavy (non-hydrogen) atoms. The summed E-state index contributed by atoms with van der Waals surface area (Å²) in [5, 5.41) is 19.8. The van der Waals surface area contributed by atoms with Crippen LogP contribution in [0.4, 0.5) is 0 Å². The second-order valence-corrected chi connectivity index (χ2v) is 3.64. The van der Waals surface area contributed by atoms with E-state index in [1.807, 2.05) is 0 Å². The maximum Gasteiger partial charge on any atom is 0.352 e. The van der Waals surface area contributed by atoms with Crippen molar-refractivity contribution in [3.05, 3.63) is 34.5 Å². The zero-order chi connectivity index (χ0) is 10.1. The van der Waals surface area contributed by atoms with Gasteiger partial charge in [0.1, 0.15) is 4.70 Å². The van der Waals surface area contributed by atoms with Crippen LogP contribution < -0.4 is 10.2 Å². The van der Waals surface area contributed by atoms with Crippen molar-refractivity contribution >= 4 is 27.5 Å². The molecular weight excluding hydrogens is 204 g/mol. The largest absolute Gasteiger partial charge is 0.617 e. The first-order valence-corrected chi connectivity index (χ1v) is 4.61. The topological polar surface area (TPSA) is 76.3 Å². The maximum atomic E-state index is 11.5. The molecule has 1 heterocycles. The van der Waals surface area contributed by atoms with E-state index in [2.05, 4.69) is 0 Å². The molecule has 0 fully saturated rings. The first-order chi connectivity index (χ1) is 6.74. The average molecular weight is 210 g/mol. The molecule has 1 amide bonds. The van der Waals surface area contributed by atoms with E-state index in [0.29, 0.717) is 14.9 Å². The Kier molecular flexibility index (Phi) is 2.06. The Morgan fingerprint density at radius 3 is 2.86 bits per heavy atom. The molecule has 0 spiro atoms. The molecule has 5 nitrogen and oxygen atoms in total. The van der Waals surface area contributed by atoms with E-state index in [-0.39, 0.29) is 5.01 Å². The number of carbonyl (C=O) groups is 1. The molecule has 2 rings (SSSR count). The Morgan fingerprint density at radius 1 is 1.50 bits per heavy atom. The number of hydrogen-bond acceptors (Lipinski definition) is 4. The molecule has 0 unspecified atom stereocenters. The third-order valence-corrected chi connectivity index (χ3v) is 2.88. The highest BCUT2D eigenvalue weighted by molar-refractivity contribution is 7.19. The molecular formula is C8H6N2O3S.